The summed E-state index contributed by atoms with van der Waals surface area (Å²) in [6.07, 6.45) is 2.12. The molecular formula is C14H30N4. The maximum atomic E-state index is 7.56. The molecule has 1 heterocycles. The zero-order valence-electron chi connectivity index (χ0n) is 12.7. The van der Waals surface area contributed by atoms with E-state index in [0.29, 0.717) is 11.9 Å². The van der Waals surface area contributed by atoms with Gasteiger partial charge in [0.15, 0.2) is 0 Å². The minimum atomic E-state index is -0.147. The first kappa shape index (κ1) is 15.4. The molecule has 0 saturated carbocycles. The van der Waals surface area contributed by atoms with E-state index < -0.39 is 0 Å². The summed E-state index contributed by atoms with van der Waals surface area (Å²) in [5, 5.41) is 7.56. The summed E-state index contributed by atoms with van der Waals surface area (Å²) in [5.74, 6) is 1.06. The van der Waals surface area contributed by atoms with Crippen LogP contribution in [-0.4, -0.2) is 55.4 Å². The van der Waals surface area contributed by atoms with Crippen molar-refractivity contribution in [2.75, 3.05) is 33.7 Å². The predicted molar refractivity (Wildman–Crippen MR) is 78.0 cm³/mol. The van der Waals surface area contributed by atoms with Gasteiger partial charge in [-0.1, -0.05) is 20.8 Å². The Morgan fingerprint density at radius 2 is 2.00 bits per heavy atom. The van der Waals surface area contributed by atoms with Crippen LogP contribution in [0, 0.1) is 16.7 Å². The molecule has 4 heteroatoms. The van der Waals surface area contributed by atoms with Gasteiger partial charge >= 0.3 is 0 Å². The Balaban J connectivity index is 2.32. The van der Waals surface area contributed by atoms with Gasteiger partial charge in [0.2, 0.25) is 0 Å². The zero-order valence-corrected chi connectivity index (χ0v) is 12.7. The van der Waals surface area contributed by atoms with Crippen molar-refractivity contribution in [3.8, 4) is 0 Å². The van der Waals surface area contributed by atoms with Crippen LogP contribution in [0.4, 0.5) is 0 Å². The Labute approximate surface area is 112 Å². The van der Waals surface area contributed by atoms with E-state index in [2.05, 4.69) is 44.7 Å². The summed E-state index contributed by atoms with van der Waals surface area (Å²) in [5.41, 5.74) is 5.46. The van der Waals surface area contributed by atoms with Crippen molar-refractivity contribution in [2.24, 2.45) is 17.1 Å². The number of hydrogen-bond acceptors (Lipinski definition) is 3. The quantitative estimate of drug-likeness (QED) is 0.559. The third-order valence-electron chi connectivity index (χ3n) is 4.32. The Morgan fingerprint density at radius 1 is 1.39 bits per heavy atom. The number of nitrogens with two attached hydrogens (primary N) is 1. The van der Waals surface area contributed by atoms with Crippen LogP contribution in [0.15, 0.2) is 0 Å². The normalized spacial score (nSPS) is 25.9. The smallest absolute Gasteiger partial charge is 0.0963 e. The van der Waals surface area contributed by atoms with Crippen molar-refractivity contribution in [1.82, 2.24) is 9.80 Å². The monoisotopic (exact) mass is 254 g/mol. The summed E-state index contributed by atoms with van der Waals surface area (Å²) >= 11 is 0. The molecule has 2 unspecified atom stereocenters. The summed E-state index contributed by atoms with van der Waals surface area (Å²) in [4.78, 5) is 4.88. The highest BCUT2D eigenvalue weighted by Gasteiger charge is 2.31. The number of hydrogen-bond donors (Lipinski definition) is 2. The van der Waals surface area contributed by atoms with E-state index in [1.54, 1.807) is 0 Å². The third-order valence-corrected chi connectivity index (χ3v) is 4.32. The van der Waals surface area contributed by atoms with E-state index in [0.717, 1.165) is 25.3 Å². The molecule has 1 aliphatic rings. The molecule has 0 aromatic heterocycles. The molecule has 1 rings (SSSR count). The SMILES string of the molecule is CC1CN(CCCC(C)(C)C(=N)N)CC1N(C)C. The molecule has 1 aliphatic heterocycles. The number of nitrogens with one attached hydrogen (secondary N) is 1. The van der Waals surface area contributed by atoms with Gasteiger partial charge in [0, 0.05) is 24.5 Å². The molecule has 106 valence electrons. The van der Waals surface area contributed by atoms with Crippen LogP contribution >= 0.6 is 0 Å². The lowest BCUT2D eigenvalue weighted by atomic mass is 9.86. The molecule has 3 N–H and O–H groups in total. The average Bonchev–Trinajstić information content (AvgIpc) is 2.59. The molecule has 0 aliphatic carbocycles. The summed E-state index contributed by atoms with van der Waals surface area (Å²) < 4.78 is 0. The van der Waals surface area contributed by atoms with Crippen LogP contribution in [0.1, 0.15) is 33.6 Å². The molecule has 0 bridgehead atoms. The average molecular weight is 254 g/mol. The van der Waals surface area contributed by atoms with Crippen molar-refractivity contribution in [2.45, 2.75) is 39.7 Å². The first-order chi connectivity index (χ1) is 8.24. The highest BCUT2D eigenvalue weighted by molar-refractivity contribution is 5.82. The predicted octanol–water partition coefficient (Wildman–Crippen LogP) is 1.61. The molecule has 2 atom stereocenters. The van der Waals surface area contributed by atoms with Crippen LogP contribution in [0.3, 0.4) is 0 Å². The van der Waals surface area contributed by atoms with Gasteiger partial charge in [-0.25, -0.2) is 0 Å². The number of likely N-dealkylation sites (N-methyl/N-ethyl adjacent to an activating group) is 1. The molecular weight excluding hydrogens is 224 g/mol. The minimum absolute atomic E-state index is 0.147. The van der Waals surface area contributed by atoms with Gasteiger partial charge in [-0.2, -0.15) is 0 Å². The Bertz CT molecular complexity index is 286. The Hall–Kier alpha value is -0.610. The van der Waals surface area contributed by atoms with Crippen LogP contribution < -0.4 is 5.73 Å². The standard InChI is InChI=1S/C14H30N4/c1-11-9-18(10-12(11)17(4)5)8-6-7-14(2,3)13(15)16/h11-12H,6-10H2,1-5H3,(H3,15,16). The second-order valence-electron chi connectivity index (χ2n) is 6.67. The number of amidine groups is 1. The maximum absolute atomic E-state index is 7.56. The number of likely N-dealkylation sites (tertiary alicyclic amines) is 1. The number of nitrogens with zero attached hydrogens (tertiary/aromatic N) is 2. The molecule has 4 nitrogen and oxygen atoms in total. The van der Waals surface area contributed by atoms with Gasteiger partial charge in [-0.3, -0.25) is 5.41 Å². The lowest BCUT2D eigenvalue weighted by Gasteiger charge is -2.25. The fraction of sp³-hybridized carbons (Fsp3) is 0.929. The van der Waals surface area contributed by atoms with Gasteiger partial charge in [0.25, 0.3) is 0 Å². The zero-order chi connectivity index (χ0) is 13.9. The first-order valence-corrected chi connectivity index (χ1v) is 6.97. The number of rotatable bonds is 6. The minimum Gasteiger partial charge on any atom is -0.387 e. The van der Waals surface area contributed by atoms with Gasteiger partial charge in [0.1, 0.15) is 0 Å². The molecule has 0 spiro atoms. The van der Waals surface area contributed by atoms with E-state index in [9.17, 15) is 0 Å². The van der Waals surface area contributed by atoms with Crippen molar-refractivity contribution >= 4 is 5.84 Å². The lowest BCUT2D eigenvalue weighted by molar-refractivity contribution is 0.248. The molecule has 18 heavy (non-hydrogen) atoms. The van der Waals surface area contributed by atoms with Gasteiger partial charge in [-0.05, 0) is 39.4 Å². The highest BCUT2D eigenvalue weighted by Crippen LogP contribution is 2.24. The van der Waals surface area contributed by atoms with Crippen LogP contribution in [0.25, 0.3) is 0 Å². The van der Waals surface area contributed by atoms with Crippen LogP contribution in [-0.2, 0) is 0 Å². The van der Waals surface area contributed by atoms with Gasteiger partial charge in [-0.15, -0.1) is 0 Å². The Morgan fingerprint density at radius 3 is 2.44 bits per heavy atom. The highest BCUT2D eigenvalue weighted by atomic mass is 15.2. The summed E-state index contributed by atoms with van der Waals surface area (Å²) in [6, 6.07) is 0.686. The topological polar surface area (TPSA) is 56.4 Å². The Kier molecular flexibility index (Phi) is 5.17. The molecule has 0 aromatic rings. The summed E-state index contributed by atoms with van der Waals surface area (Å²) in [6.45, 7) is 9.96. The van der Waals surface area contributed by atoms with Crippen molar-refractivity contribution in [1.29, 1.82) is 5.41 Å². The van der Waals surface area contributed by atoms with Crippen molar-refractivity contribution in [3.05, 3.63) is 0 Å². The molecule has 1 fully saturated rings. The van der Waals surface area contributed by atoms with E-state index in [1.807, 2.05) is 0 Å². The van der Waals surface area contributed by atoms with Crippen LogP contribution in [0.5, 0.6) is 0 Å². The molecule has 0 amide bonds. The van der Waals surface area contributed by atoms with Gasteiger partial charge in [0.05, 0.1) is 5.84 Å². The lowest BCUT2D eigenvalue weighted by Crippen LogP contribution is -2.35. The van der Waals surface area contributed by atoms with E-state index in [4.69, 9.17) is 11.1 Å². The van der Waals surface area contributed by atoms with Gasteiger partial charge < -0.3 is 15.5 Å². The second kappa shape index (κ2) is 6.02. The van der Waals surface area contributed by atoms with Crippen molar-refractivity contribution < 1.29 is 0 Å². The van der Waals surface area contributed by atoms with Crippen LogP contribution in [0.2, 0.25) is 0 Å². The summed E-state index contributed by atoms with van der Waals surface area (Å²) in [7, 11) is 4.34. The van der Waals surface area contributed by atoms with E-state index in [-0.39, 0.29) is 5.41 Å². The van der Waals surface area contributed by atoms with E-state index >= 15 is 0 Å². The molecule has 0 aromatic carbocycles. The fourth-order valence-corrected chi connectivity index (χ4v) is 2.78. The fourth-order valence-electron chi connectivity index (χ4n) is 2.78. The second-order valence-corrected chi connectivity index (χ2v) is 6.67. The molecule has 0 radical (unpaired) electrons. The first-order valence-electron chi connectivity index (χ1n) is 6.97. The van der Waals surface area contributed by atoms with E-state index in [1.165, 1.54) is 13.1 Å². The molecule has 1 saturated heterocycles. The third kappa shape index (κ3) is 3.95. The van der Waals surface area contributed by atoms with Crippen molar-refractivity contribution in [3.63, 3.8) is 0 Å². The largest absolute Gasteiger partial charge is 0.387 e. The maximum Gasteiger partial charge on any atom is 0.0963 e.